The van der Waals surface area contributed by atoms with Crippen LogP contribution in [0.4, 0.5) is 5.69 Å². The Labute approximate surface area is 164 Å². The van der Waals surface area contributed by atoms with Gasteiger partial charge >= 0.3 is 0 Å². The van der Waals surface area contributed by atoms with Crippen molar-refractivity contribution < 1.29 is 27.4 Å². The number of carbonyl (C=O) groups is 1. The Morgan fingerprint density at radius 2 is 1.71 bits per heavy atom. The number of nitrogens with zero attached hydrogens (tertiary/aromatic N) is 1. The lowest BCUT2D eigenvalue weighted by Crippen LogP contribution is -2.43. The van der Waals surface area contributed by atoms with Gasteiger partial charge in [-0.15, -0.1) is 0 Å². The van der Waals surface area contributed by atoms with E-state index in [0.717, 1.165) is 4.31 Å². The minimum atomic E-state index is -4.10. The summed E-state index contributed by atoms with van der Waals surface area (Å²) in [5.74, 6) is 5.69. The molecular formula is C18H23N3O6S. The molecule has 0 spiro atoms. The number of rotatable bonds is 9. The van der Waals surface area contributed by atoms with Gasteiger partial charge in [0.05, 0.1) is 31.4 Å². The molecule has 0 bridgehead atoms. The molecule has 9 nitrogen and oxygen atoms in total. The van der Waals surface area contributed by atoms with E-state index in [1.807, 2.05) is 12.3 Å². The Kier molecular flexibility index (Phi) is 7.07. The van der Waals surface area contributed by atoms with Gasteiger partial charge in [0.1, 0.15) is 12.3 Å². The lowest BCUT2D eigenvalue weighted by atomic mass is 10.3. The minimum Gasteiger partial charge on any atom is -0.494 e. The van der Waals surface area contributed by atoms with Crippen LogP contribution in [-0.2, 0) is 14.8 Å². The number of hydrogen-bond acceptors (Lipinski definition) is 7. The monoisotopic (exact) mass is 409 g/mol. The highest BCUT2D eigenvalue weighted by molar-refractivity contribution is 7.92. The van der Waals surface area contributed by atoms with Crippen molar-refractivity contribution in [2.24, 2.45) is 5.84 Å². The molecule has 2 aromatic rings. The van der Waals surface area contributed by atoms with Crippen LogP contribution in [-0.4, -0.2) is 41.7 Å². The molecule has 152 valence electrons. The van der Waals surface area contributed by atoms with E-state index in [1.165, 1.54) is 32.4 Å². The third kappa shape index (κ3) is 4.65. The first-order valence-corrected chi connectivity index (χ1v) is 9.78. The molecule has 10 heteroatoms. The molecule has 0 heterocycles. The Morgan fingerprint density at radius 1 is 1.07 bits per heavy atom. The number of nitrogens with two attached hydrogens (primary N) is 1. The molecule has 0 unspecified atom stereocenters. The first kappa shape index (κ1) is 21.3. The van der Waals surface area contributed by atoms with Crippen molar-refractivity contribution in [1.82, 2.24) is 5.43 Å². The van der Waals surface area contributed by atoms with Crippen LogP contribution >= 0.6 is 0 Å². The molecule has 0 aliphatic carbocycles. The van der Waals surface area contributed by atoms with E-state index in [1.54, 1.807) is 24.3 Å². The van der Waals surface area contributed by atoms with Crippen molar-refractivity contribution >= 4 is 21.6 Å². The Morgan fingerprint density at radius 3 is 2.25 bits per heavy atom. The Bertz CT molecular complexity index is 915. The van der Waals surface area contributed by atoms with Gasteiger partial charge in [0, 0.05) is 6.07 Å². The highest BCUT2D eigenvalue weighted by Crippen LogP contribution is 2.32. The second-order valence-electron chi connectivity index (χ2n) is 5.52. The van der Waals surface area contributed by atoms with Gasteiger partial charge in [-0.2, -0.15) is 0 Å². The molecule has 28 heavy (non-hydrogen) atoms. The van der Waals surface area contributed by atoms with Gasteiger partial charge in [0.25, 0.3) is 15.9 Å². The van der Waals surface area contributed by atoms with Gasteiger partial charge in [-0.05, 0) is 43.3 Å². The van der Waals surface area contributed by atoms with Crippen LogP contribution in [0.3, 0.4) is 0 Å². The summed E-state index contributed by atoms with van der Waals surface area (Å²) >= 11 is 0. The summed E-state index contributed by atoms with van der Waals surface area (Å²) < 4.78 is 43.1. The van der Waals surface area contributed by atoms with Crippen molar-refractivity contribution in [3.8, 4) is 17.2 Å². The zero-order valence-electron chi connectivity index (χ0n) is 15.8. The average Bonchev–Trinajstić information content (AvgIpc) is 2.72. The number of methoxy groups -OCH3 is 2. The summed E-state index contributed by atoms with van der Waals surface area (Å²) in [6.45, 7) is 1.82. The zero-order valence-corrected chi connectivity index (χ0v) is 16.7. The minimum absolute atomic E-state index is 0.0659. The molecule has 0 saturated heterocycles. The fraction of sp³-hybridized carbons (Fsp3) is 0.278. The summed E-state index contributed by atoms with van der Waals surface area (Å²) in [4.78, 5) is 11.8. The topological polar surface area (TPSA) is 120 Å². The second kappa shape index (κ2) is 9.29. The van der Waals surface area contributed by atoms with Gasteiger partial charge in [-0.3, -0.25) is 14.5 Å². The van der Waals surface area contributed by atoms with Crippen LogP contribution in [0.1, 0.15) is 6.92 Å². The van der Waals surface area contributed by atoms with Crippen LogP contribution in [0, 0.1) is 0 Å². The lowest BCUT2D eigenvalue weighted by Gasteiger charge is -2.24. The fourth-order valence-electron chi connectivity index (χ4n) is 2.47. The number of hydrazine groups is 1. The number of benzene rings is 2. The van der Waals surface area contributed by atoms with E-state index in [-0.39, 0.29) is 16.3 Å². The maximum atomic E-state index is 13.2. The van der Waals surface area contributed by atoms with Gasteiger partial charge in [-0.1, -0.05) is 0 Å². The van der Waals surface area contributed by atoms with E-state index in [2.05, 4.69) is 0 Å². The smallest absolute Gasteiger partial charge is 0.264 e. The highest BCUT2D eigenvalue weighted by atomic mass is 32.2. The lowest BCUT2D eigenvalue weighted by molar-refractivity contribution is -0.119. The van der Waals surface area contributed by atoms with Gasteiger partial charge in [0.15, 0.2) is 11.5 Å². The molecule has 3 N–H and O–H groups in total. The predicted octanol–water partition coefficient (Wildman–Crippen LogP) is 1.29. The van der Waals surface area contributed by atoms with Crippen LogP contribution in [0.2, 0.25) is 0 Å². The number of sulfonamides is 1. The number of anilines is 1. The van der Waals surface area contributed by atoms with Crippen molar-refractivity contribution in [2.75, 3.05) is 31.7 Å². The van der Waals surface area contributed by atoms with Crippen LogP contribution in [0.15, 0.2) is 47.4 Å². The second-order valence-corrected chi connectivity index (χ2v) is 7.39. The molecule has 0 radical (unpaired) electrons. The summed E-state index contributed by atoms with van der Waals surface area (Å²) in [5, 5.41) is 0. The quantitative estimate of drug-likeness (QED) is 0.364. The van der Waals surface area contributed by atoms with Crippen molar-refractivity contribution in [3.05, 3.63) is 42.5 Å². The van der Waals surface area contributed by atoms with Gasteiger partial charge < -0.3 is 14.2 Å². The first-order chi connectivity index (χ1) is 13.4. The van der Waals surface area contributed by atoms with Crippen molar-refractivity contribution in [1.29, 1.82) is 0 Å². The number of nitrogens with one attached hydrogen (secondary N) is 1. The largest absolute Gasteiger partial charge is 0.494 e. The van der Waals surface area contributed by atoms with E-state index in [4.69, 9.17) is 20.1 Å². The molecule has 0 aliphatic rings. The summed E-state index contributed by atoms with van der Waals surface area (Å²) in [5.41, 5.74) is 2.23. The summed E-state index contributed by atoms with van der Waals surface area (Å²) in [7, 11) is -1.25. The average molecular weight is 409 g/mol. The highest BCUT2D eigenvalue weighted by Gasteiger charge is 2.28. The molecule has 0 atom stereocenters. The van der Waals surface area contributed by atoms with Crippen LogP contribution in [0.25, 0.3) is 0 Å². The number of hydrogen-bond donors (Lipinski definition) is 2. The maximum absolute atomic E-state index is 13.2. The summed E-state index contributed by atoms with van der Waals surface area (Å²) in [6, 6.07) is 10.5. The van der Waals surface area contributed by atoms with Crippen LogP contribution in [0.5, 0.6) is 17.2 Å². The Balaban J connectivity index is 2.50. The SMILES string of the molecule is CCOc1ccc(N(CC(=O)NN)S(=O)(=O)c2ccc(OC)c(OC)c2)cc1. The maximum Gasteiger partial charge on any atom is 0.264 e. The number of ether oxygens (including phenoxy) is 3. The molecule has 0 aromatic heterocycles. The number of amides is 1. The first-order valence-electron chi connectivity index (χ1n) is 8.34. The van der Waals surface area contributed by atoms with Crippen molar-refractivity contribution in [2.45, 2.75) is 11.8 Å². The molecular weight excluding hydrogens is 386 g/mol. The van der Waals surface area contributed by atoms with Crippen LogP contribution < -0.4 is 29.8 Å². The van der Waals surface area contributed by atoms with Gasteiger partial charge in [0.2, 0.25) is 0 Å². The predicted molar refractivity (Wildman–Crippen MR) is 104 cm³/mol. The van der Waals surface area contributed by atoms with E-state index < -0.39 is 22.5 Å². The molecule has 0 fully saturated rings. The van der Waals surface area contributed by atoms with Crippen molar-refractivity contribution in [3.63, 3.8) is 0 Å². The molecule has 0 saturated carbocycles. The third-order valence-corrected chi connectivity index (χ3v) is 5.60. The molecule has 2 rings (SSSR count). The number of carbonyl (C=O) groups excluding carboxylic acids is 1. The third-order valence-electron chi connectivity index (χ3n) is 3.83. The summed E-state index contributed by atoms with van der Waals surface area (Å²) in [6.07, 6.45) is 0. The van der Waals surface area contributed by atoms with E-state index in [0.29, 0.717) is 18.1 Å². The standard InChI is InChI=1S/C18H23N3O6S/c1-4-27-14-7-5-13(6-8-14)21(12-18(22)20-19)28(23,24)15-9-10-16(25-2)17(11-15)26-3/h5-11H,4,12,19H2,1-3H3,(H,20,22). The van der Waals surface area contributed by atoms with E-state index >= 15 is 0 Å². The normalized spacial score (nSPS) is 10.9. The zero-order chi connectivity index (χ0) is 20.7. The molecule has 0 aliphatic heterocycles. The molecule has 2 aromatic carbocycles. The fourth-order valence-corrected chi connectivity index (χ4v) is 3.91. The molecule has 1 amide bonds. The Hall–Kier alpha value is -2.98. The van der Waals surface area contributed by atoms with Gasteiger partial charge in [-0.25, -0.2) is 14.3 Å². The van der Waals surface area contributed by atoms with E-state index in [9.17, 15) is 13.2 Å².